The maximum Gasteiger partial charge on any atom is 0.286 e. The lowest BCUT2D eigenvalue weighted by molar-refractivity contribution is -0.385. The Hall–Kier alpha value is -2.85. The molecule has 1 N–H and O–H groups in total. The van der Waals surface area contributed by atoms with E-state index in [0.717, 1.165) is 10.2 Å². The number of morpholine rings is 1. The molecule has 0 radical (unpaired) electrons. The standard InChI is InChI=1S/C20H22BrN3O6/c1-3-30-19-12-17(24(26)27)14(11-18(19)28-2)20(25)22-15-10-13(21)4-5-16(15)23-6-8-29-9-7-23/h4-5,10-12H,3,6-9H2,1-2H3,(H,22,25). The Bertz CT molecular complexity index is 946. The molecular formula is C20H22BrN3O6. The summed E-state index contributed by atoms with van der Waals surface area (Å²) in [6, 6.07) is 8.06. The Morgan fingerprint density at radius 3 is 2.63 bits per heavy atom. The first-order chi connectivity index (χ1) is 14.4. The number of carbonyl (C=O) groups is 1. The van der Waals surface area contributed by atoms with E-state index < -0.39 is 10.8 Å². The Labute approximate surface area is 182 Å². The van der Waals surface area contributed by atoms with Crippen molar-refractivity contribution < 1.29 is 23.9 Å². The number of nitrogens with one attached hydrogen (secondary N) is 1. The predicted octanol–water partition coefficient (Wildman–Crippen LogP) is 3.85. The molecule has 3 rings (SSSR count). The highest BCUT2D eigenvalue weighted by Gasteiger charge is 2.26. The molecule has 1 amide bonds. The van der Waals surface area contributed by atoms with E-state index in [4.69, 9.17) is 14.2 Å². The lowest BCUT2D eigenvalue weighted by Gasteiger charge is -2.30. The van der Waals surface area contributed by atoms with Gasteiger partial charge >= 0.3 is 0 Å². The number of ether oxygens (including phenoxy) is 3. The van der Waals surface area contributed by atoms with E-state index >= 15 is 0 Å². The van der Waals surface area contributed by atoms with Crippen LogP contribution in [-0.2, 0) is 4.74 Å². The van der Waals surface area contributed by atoms with Crippen LogP contribution in [0.1, 0.15) is 17.3 Å². The molecule has 1 aliphatic heterocycles. The van der Waals surface area contributed by atoms with Crippen molar-refractivity contribution in [2.24, 2.45) is 0 Å². The number of hydrogen-bond acceptors (Lipinski definition) is 7. The molecule has 9 nitrogen and oxygen atoms in total. The highest BCUT2D eigenvalue weighted by atomic mass is 79.9. The van der Waals surface area contributed by atoms with Crippen molar-refractivity contribution in [3.63, 3.8) is 0 Å². The summed E-state index contributed by atoms with van der Waals surface area (Å²) in [4.78, 5) is 26.1. The molecule has 1 saturated heterocycles. The summed E-state index contributed by atoms with van der Waals surface area (Å²) in [5.74, 6) is -0.161. The summed E-state index contributed by atoms with van der Waals surface area (Å²) in [5, 5.41) is 14.4. The van der Waals surface area contributed by atoms with Crippen LogP contribution in [0.3, 0.4) is 0 Å². The summed E-state index contributed by atoms with van der Waals surface area (Å²) in [7, 11) is 1.41. The van der Waals surface area contributed by atoms with E-state index in [2.05, 4.69) is 26.1 Å². The Balaban J connectivity index is 1.98. The minimum Gasteiger partial charge on any atom is -0.493 e. The van der Waals surface area contributed by atoms with Crippen LogP contribution in [0.25, 0.3) is 0 Å². The Kier molecular flexibility index (Phi) is 7.11. The molecule has 2 aromatic rings. The van der Waals surface area contributed by atoms with Gasteiger partial charge in [0.1, 0.15) is 5.56 Å². The van der Waals surface area contributed by atoms with Crippen LogP contribution < -0.4 is 19.7 Å². The first-order valence-corrected chi connectivity index (χ1v) is 10.2. The van der Waals surface area contributed by atoms with Crippen LogP contribution in [0.5, 0.6) is 11.5 Å². The van der Waals surface area contributed by atoms with Gasteiger partial charge in [-0.15, -0.1) is 0 Å². The van der Waals surface area contributed by atoms with Gasteiger partial charge in [-0.25, -0.2) is 0 Å². The molecule has 10 heteroatoms. The molecule has 0 atom stereocenters. The summed E-state index contributed by atoms with van der Waals surface area (Å²) in [6.07, 6.45) is 0. The number of nitro benzene ring substituents is 1. The van der Waals surface area contributed by atoms with Crippen molar-refractivity contribution in [2.45, 2.75) is 6.92 Å². The molecule has 1 heterocycles. The molecule has 2 aromatic carbocycles. The van der Waals surface area contributed by atoms with Crippen molar-refractivity contribution in [2.75, 3.05) is 50.2 Å². The molecule has 160 valence electrons. The van der Waals surface area contributed by atoms with Crippen LogP contribution in [0.4, 0.5) is 17.1 Å². The van der Waals surface area contributed by atoms with Gasteiger partial charge in [0.25, 0.3) is 11.6 Å². The maximum atomic E-state index is 13.1. The number of rotatable bonds is 7. The second-order valence-electron chi connectivity index (χ2n) is 6.43. The molecule has 30 heavy (non-hydrogen) atoms. The topological polar surface area (TPSA) is 103 Å². The molecule has 0 bridgehead atoms. The number of nitrogens with zero attached hydrogens (tertiary/aromatic N) is 2. The lowest BCUT2D eigenvalue weighted by atomic mass is 10.1. The fourth-order valence-electron chi connectivity index (χ4n) is 3.19. The predicted molar refractivity (Wildman–Crippen MR) is 116 cm³/mol. The molecule has 0 spiro atoms. The molecule has 0 saturated carbocycles. The minimum atomic E-state index is -0.615. The SMILES string of the molecule is CCOc1cc([N+](=O)[O-])c(C(=O)Nc2cc(Br)ccc2N2CCOCC2)cc1OC. The zero-order valence-electron chi connectivity index (χ0n) is 16.6. The summed E-state index contributed by atoms with van der Waals surface area (Å²) in [5.41, 5.74) is 0.877. The number of carbonyl (C=O) groups excluding carboxylic acids is 1. The number of amides is 1. The van der Waals surface area contributed by atoms with Gasteiger partial charge in [0.05, 0.1) is 49.3 Å². The Morgan fingerprint density at radius 2 is 2.00 bits per heavy atom. The van der Waals surface area contributed by atoms with Crippen molar-refractivity contribution >= 4 is 38.9 Å². The quantitative estimate of drug-likeness (QED) is 0.474. The van der Waals surface area contributed by atoms with E-state index in [9.17, 15) is 14.9 Å². The lowest BCUT2D eigenvalue weighted by Crippen LogP contribution is -2.36. The summed E-state index contributed by atoms with van der Waals surface area (Å²) < 4.78 is 16.8. The van der Waals surface area contributed by atoms with Gasteiger partial charge in [-0.2, -0.15) is 0 Å². The van der Waals surface area contributed by atoms with Crippen LogP contribution in [0, 0.1) is 10.1 Å². The van der Waals surface area contributed by atoms with Crippen molar-refractivity contribution in [3.05, 3.63) is 50.5 Å². The van der Waals surface area contributed by atoms with E-state index in [1.54, 1.807) is 13.0 Å². The van der Waals surface area contributed by atoms with Gasteiger partial charge in [-0.05, 0) is 25.1 Å². The number of nitro groups is 1. The van der Waals surface area contributed by atoms with Gasteiger partial charge in [-0.1, -0.05) is 15.9 Å². The second-order valence-corrected chi connectivity index (χ2v) is 7.34. The monoisotopic (exact) mass is 479 g/mol. The van der Waals surface area contributed by atoms with Gasteiger partial charge in [0.2, 0.25) is 0 Å². The number of halogens is 1. The molecule has 0 aromatic heterocycles. The molecule has 0 aliphatic carbocycles. The largest absolute Gasteiger partial charge is 0.493 e. The fraction of sp³-hybridized carbons (Fsp3) is 0.350. The molecule has 0 unspecified atom stereocenters. The first-order valence-electron chi connectivity index (χ1n) is 9.37. The van der Waals surface area contributed by atoms with Gasteiger partial charge in [0.15, 0.2) is 11.5 Å². The van der Waals surface area contributed by atoms with Crippen LogP contribution in [0.15, 0.2) is 34.8 Å². The average Bonchev–Trinajstić information content (AvgIpc) is 2.74. The highest BCUT2D eigenvalue weighted by Crippen LogP contribution is 2.36. The number of hydrogen-bond donors (Lipinski definition) is 1. The summed E-state index contributed by atoms with van der Waals surface area (Å²) >= 11 is 3.41. The average molecular weight is 480 g/mol. The van der Waals surface area contributed by atoms with E-state index in [1.165, 1.54) is 19.2 Å². The number of benzene rings is 2. The van der Waals surface area contributed by atoms with Gasteiger partial charge in [-0.3, -0.25) is 14.9 Å². The maximum absolute atomic E-state index is 13.1. The third-order valence-electron chi connectivity index (χ3n) is 4.58. The zero-order chi connectivity index (χ0) is 21.7. The fourth-order valence-corrected chi connectivity index (χ4v) is 3.55. The molecule has 1 fully saturated rings. The van der Waals surface area contributed by atoms with Crippen LogP contribution in [0.2, 0.25) is 0 Å². The highest BCUT2D eigenvalue weighted by molar-refractivity contribution is 9.10. The van der Waals surface area contributed by atoms with Crippen molar-refractivity contribution in [3.8, 4) is 11.5 Å². The summed E-state index contributed by atoms with van der Waals surface area (Å²) in [6.45, 7) is 4.60. The zero-order valence-corrected chi connectivity index (χ0v) is 18.2. The smallest absolute Gasteiger partial charge is 0.286 e. The molecular weight excluding hydrogens is 458 g/mol. The molecule has 1 aliphatic rings. The van der Waals surface area contributed by atoms with Crippen molar-refractivity contribution in [1.82, 2.24) is 0 Å². The number of methoxy groups -OCH3 is 1. The first kappa shape index (κ1) is 21.8. The number of anilines is 2. The van der Waals surface area contributed by atoms with E-state index in [-0.39, 0.29) is 22.7 Å². The third-order valence-corrected chi connectivity index (χ3v) is 5.07. The van der Waals surface area contributed by atoms with Crippen LogP contribution >= 0.6 is 15.9 Å². The van der Waals surface area contributed by atoms with Crippen LogP contribution in [-0.4, -0.2) is 50.9 Å². The van der Waals surface area contributed by atoms with E-state index in [1.807, 2.05) is 12.1 Å². The third kappa shape index (κ3) is 4.82. The van der Waals surface area contributed by atoms with E-state index in [0.29, 0.717) is 38.6 Å². The van der Waals surface area contributed by atoms with Gasteiger partial charge < -0.3 is 24.4 Å². The Morgan fingerprint density at radius 1 is 1.27 bits per heavy atom. The van der Waals surface area contributed by atoms with Gasteiger partial charge in [0, 0.05) is 23.6 Å². The normalized spacial score (nSPS) is 13.6. The van der Waals surface area contributed by atoms with Crippen molar-refractivity contribution in [1.29, 1.82) is 0 Å². The second kappa shape index (κ2) is 9.77. The minimum absolute atomic E-state index is 0.117.